The highest BCUT2D eigenvalue weighted by Gasteiger charge is 2.43. The monoisotopic (exact) mass is 265 g/mol. The van der Waals surface area contributed by atoms with Crippen LogP contribution in [0.1, 0.15) is 13.3 Å². The van der Waals surface area contributed by atoms with Crippen molar-refractivity contribution in [3.63, 3.8) is 0 Å². The van der Waals surface area contributed by atoms with Crippen molar-refractivity contribution in [2.45, 2.75) is 50.1 Å². The van der Waals surface area contributed by atoms with Crippen LogP contribution in [0.25, 0.3) is 0 Å². The molecule has 6 N–H and O–H groups in total. The molecule has 6 atom stereocenters. The van der Waals surface area contributed by atoms with E-state index in [1.54, 1.807) is 0 Å². The molecule has 106 valence electrons. The average molecular weight is 265 g/mol. The molecule has 8 nitrogen and oxygen atoms in total. The molecule has 2 unspecified atom stereocenters. The Morgan fingerprint density at radius 2 is 2.06 bits per heavy atom. The van der Waals surface area contributed by atoms with E-state index in [0.717, 1.165) is 0 Å². The van der Waals surface area contributed by atoms with Gasteiger partial charge in [-0.05, 0) is 0 Å². The van der Waals surface area contributed by atoms with Gasteiger partial charge in [0.2, 0.25) is 5.91 Å². The molecular formula is C10H19NO7. The minimum Gasteiger partial charge on any atom is -0.394 e. The minimum atomic E-state index is -1.54. The van der Waals surface area contributed by atoms with Crippen molar-refractivity contribution in [2.75, 3.05) is 6.61 Å². The summed E-state index contributed by atoms with van der Waals surface area (Å²) in [5.41, 5.74) is 0. The Bertz CT molecular complexity index is 287. The minimum absolute atomic E-state index is 0.122. The van der Waals surface area contributed by atoms with Crippen LogP contribution < -0.4 is 5.32 Å². The largest absolute Gasteiger partial charge is 0.394 e. The molecule has 18 heavy (non-hydrogen) atoms. The van der Waals surface area contributed by atoms with Crippen LogP contribution in [0.4, 0.5) is 0 Å². The van der Waals surface area contributed by atoms with Crippen LogP contribution in [0.15, 0.2) is 0 Å². The molecule has 1 aliphatic heterocycles. The standard InChI is InChI=1S/C10H19NO7/c1-4(13)11-8-5(14)2-7(16)18-10(8)9(17)6(15)3-12/h5-10,12,14-17H,2-3H2,1H3,(H,11,13)/t5-,6+,7?,8+,9?,10+/m0/s1. The zero-order chi connectivity index (χ0) is 13.9. The first-order valence-corrected chi connectivity index (χ1v) is 5.62. The van der Waals surface area contributed by atoms with Crippen LogP contribution in [-0.2, 0) is 9.53 Å². The van der Waals surface area contributed by atoms with Crippen LogP contribution in [0.3, 0.4) is 0 Å². The van der Waals surface area contributed by atoms with E-state index in [4.69, 9.17) is 9.84 Å². The maximum absolute atomic E-state index is 11.0. The molecule has 0 aromatic carbocycles. The second kappa shape index (κ2) is 6.41. The van der Waals surface area contributed by atoms with E-state index in [0.29, 0.717) is 0 Å². The van der Waals surface area contributed by atoms with E-state index in [1.165, 1.54) is 6.92 Å². The van der Waals surface area contributed by atoms with Crippen molar-refractivity contribution in [3.05, 3.63) is 0 Å². The molecule has 1 amide bonds. The quantitative estimate of drug-likeness (QED) is 0.312. The van der Waals surface area contributed by atoms with E-state index in [2.05, 4.69) is 5.32 Å². The number of carbonyl (C=O) groups excluding carboxylic acids is 1. The molecule has 0 saturated carbocycles. The lowest BCUT2D eigenvalue weighted by Crippen LogP contribution is -2.62. The van der Waals surface area contributed by atoms with Crippen molar-refractivity contribution < 1.29 is 35.1 Å². The topological polar surface area (TPSA) is 139 Å². The lowest BCUT2D eigenvalue weighted by Gasteiger charge is -2.41. The van der Waals surface area contributed by atoms with E-state index < -0.39 is 49.3 Å². The summed E-state index contributed by atoms with van der Waals surface area (Å²) < 4.78 is 5.01. The van der Waals surface area contributed by atoms with Gasteiger partial charge < -0.3 is 35.6 Å². The number of rotatable bonds is 4. The molecule has 1 rings (SSSR count). The molecule has 0 bridgehead atoms. The van der Waals surface area contributed by atoms with E-state index in [1.807, 2.05) is 0 Å². The fraction of sp³-hybridized carbons (Fsp3) is 0.900. The van der Waals surface area contributed by atoms with Gasteiger partial charge in [-0.3, -0.25) is 4.79 Å². The number of nitrogens with one attached hydrogen (secondary N) is 1. The number of hydrogen-bond donors (Lipinski definition) is 6. The molecule has 0 aliphatic carbocycles. The molecule has 1 aliphatic rings. The molecule has 1 saturated heterocycles. The summed E-state index contributed by atoms with van der Waals surface area (Å²) in [7, 11) is 0. The van der Waals surface area contributed by atoms with Crippen molar-refractivity contribution in [3.8, 4) is 0 Å². The maximum atomic E-state index is 11.0. The number of amides is 1. The lowest BCUT2D eigenvalue weighted by molar-refractivity contribution is -0.236. The Labute approximate surface area is 104 Å². The summed E-state index contributed by atoms with van der Waals surface area (Å²) in [4.78, 5) is 11.0. The van der Waals surface area contributed by atoms with Crippen molar-refractivity contribution in [1.82, 2.24) is 5.32 Å². The number of carbonyl (C=O) groups is 1. The van der Waals surface area contributed by atoms with Crippen LogP contribution in [-0.4, -0.2) is 74.8 Å². The van der Waals surface area contributed by atoms with Gasteiger partial charge >= 0.3 is 0 Å². The number of ether oxygens (including phenoxy) is 1. The Morgan fingerprint density at radius 1 is 1.44 bits per heavy atom. The zero-order valence-corrected chi connectivity index (χ0v) is 9.93. The molecule has 1 fully saturated rings. The first kappa shape index (κ1) is 15.3. The van der Waals surface area contributed by atoms with Gasteiger partial charge in [-0.15, -0.1) is 0 Å². The van der Waals surface area contributed by atoms with Gasteiger partial charge in [-0.2, -0.15) is 0 Å². The van der Waals surface area contributed by atoms with Crippen molar-refractivity contribution in [1.29, 1.82) is 0 Å². The molecular weight excluding hydrogens is 246 g/mol. The van der Waals surface area contributed by atoms with Gasteiger partial charge in [0.25, 0.3) is 0 Å². The van der Waals surface area contributed by atoms with Gasteiger partial charge in [-0.1, -0.05) is 0 Å². The van der Waals surface area contributed by atoms with E-state index in [9.17, 15) is 25.2 Å². The molecule has 1 heterocycles. The third-order valence-electron chi connectivity index (χ3n) is 2.81. The van der Waals surface area contributed by atoms with Crippen LogP contribution in [0, 0.1) is 0 Å². The summed E-state index contributed by atoms with van der Waals surface area (Å²) in [5.74, 6) is -0.449. The van der Waals surface area contributed by atoms with Gasteiger partial charge in [-0.25, -0.2) is 0 Å². The first-order valence-electron chi connectivity index (χ1n) is 5.62. The van der Waals surface area contributed by atoms with E-state index >= 15 is 0 Å². The van der Waals surface area contributed by atoms with Crippen molar-refractivity contribution >= 4 is 5.91 Å². The molecule has 0 radical (unpaired) electrons. The van der Waals surface area contributed by atoms with Gasteiger partial charge in [0.15, 0.2) is 6.29 Å². The van der Waals surface area contributed by atoms with Crippen LogP contribution in [0.5, 0.6) is 0 Å². The lowest BCUT2D eigenvalue weighted by atomic mass is 9.92. The molecule has 8 heteroatoms. The first-order chi connectivity index (χ1) is 8.36. The normalized spacial score (nSPS) is 35.9. The van der Waals surface area contributed by atoms with Gasteiger partial charge in [0, 0.05) is 13.3 Å². The SMILES string of the molecule is CC(=O)N[C@@H]1[C@@H](O)CC(O)O[C@H]1C(O)[C@H](O)CO. The van der Waals surface area contributed by atoms with Crippen LogP contribution >= 0.6 is 0 Å². The number of aliphatic hydroxyl groups is 5. The third-order valence-corrected chi connectivity index (χ3v) is 2.81. The highest BCUT2D eigenvalue weighted by molar-refractivity contribution is 5.73. The summed E-state index contributed by atoms with van der Waals surface area (Å²) in [6.07, 6.45) is -6.81. The highest BCUT2D eigenvalue weighted by Crippen LogP contribution is 2.23. The Morgan fingerprint density at radius 3 is 2.56 bits per heavy atom. The summed E-state index contributed by atoms with van der Waals surface area (Å²) in [6, 6.07) is -0.970. The fourth-order valence-electron chi connectivity index (χ4n) is 1.93. The number of aliphatic hydroxyl groups excluding tert-OH is 5. The maximum Gasteiger partial charge on any atom is 0.217 e. The zero-order valence-electron chi connectivity index (χ0n) is 9.93. The Hall–Kier alpha value is -0.770. The Balaban J connectivity index is 2.83. The second-order valence-electron chi connectivity index (χ2n) is 4.33. The van der Waals surface area contributed by atoms with Gasteiger partial charge in [0.05, 0.1) is 18.8 Å². The molecule has 0 aromatic rings. The van der Waals surface area contributed by atoms with Crippen LogP contribution in [0.2, 0.25) is 0 Å². The average Bonchev–Trinajstić information content (AvgIpc) is 2.29. The van der Waals surface area contributed by atoms with Crippen molar-refractivity contribution in [2.24, 2.45) is 0 Å². The highest BCUT2D eigenvalue weighted by atomic mass is 16.6. The summed E-state index contributed by atoms with van der Waals surface area (Å²) >= 11 is 0. The summed E-state index contributed by atoms with van der Waals surface area (Å²) in [6.45, 7) is 0.518. The fourth-order valence-corrected chi connectivity index (χ4v) is 1.93. The predicted octanol–water partition coefficient (Wildman–Crippen LogP) is -3.33. The molecule has 0 spiro atoms. The number of hydrogen-bond acceptors (Lipinski definition) is 7. The smallest absolute Gasteiger partial charge is 0.217 e. The Kier molecular flexibility index (Phi) is 5.45. The van der Waals surface area contributed by atoms with Gasteiger partial charge in [0.1, 0.15) is 18.3 Å². The van der Waals surface area contributed by atoms with E-state index in [-0.39, 0.29) is 6.42 Å². The third kappa shape index (κ3) is 3.61. The molecule has 0 aromatic heterocycles. The predicted molar refractivity (Wildman–Crippen MR) is 58.2 cm³/mol. The second-order valence-corrected chi connectivity index (χ2v) is 4.33. The summed E-state index contributed by atoms with van der Waals surface area (Å²) in [5, 5.41) is 49.3.